The van der Waals surface area contributed by atoms with Crippen LogP contribution in [0.1, 0.15) is 36.8 Å². The first-order chi connectivity index (χ1) is 14.0. The fourth-order valence-corrected chi connectivity index (χ4v) is 4.51. The van der Waals surface area contributed by atoms with Crippen LogP contribution in [-0.2, 0) is 0 Å². The first kappa shape index (κ1) is 20.1. The molecule has 2 aromatic carbocycles. The smallest absolute Gasteiger partial charge is 0.168 e. The Morgan fingerprint density at radius 3 is 2.45 bits per heavy atom. The van der Waals surface area contributed by atoms with Gasteiger partial charge >= 0.3 is 0 Å². The van der Waals surface area contributed by atoms with Gasteiger partial charge in [0, 0.05) is 22.1 Å². The van der Waals surface area contributed by atoms with Gasteiger partial charge in [0.25, 0.3) is 0 Å². The van der Waals surface area contributed by atoms with Crippen LogP contribution in [-0.4, -0.2) is 20.0 Å². The van der Waals surface area contributed by atoms with Crippen LogP contribution < -0.4 is 0 Å². The molecule has 1 atom stereocenters. The molecular formula is C22H20Cl2N4S. The second kappa shape index (κ2) is 8.27. The van der Waals surface area contributed by atoms with E-state index in [1.807, 2.05) is 53.2 Å². The molecular weight excluding hydrogens is 423 g/mol. The Balaban J connectivity index is 1.93. The van der Waals surface area contributed by atoms with E-state index < -0.39 is 0 Å². The molecule has 148 valence electrons. The van der Waals surface area contributed by atoms with E-state index in [1.165, 1.54) is 0 Å². The molecule has 0 amide bonds. The minimum absolute atomic E-state index is 0.378. The van der Waals surface area contributed by atoms with Gasteiger partial charge < -0.3 is 0 Å². The van der Waals surface area contributed by atoms with Crippen molar-refractivity contribution < 1.29 is 0 Å². The summed E-state index contributed by atoms with van der Waals surface area (Å²) in [5.41, 5.74) is 4.64. The van der Waals surface area contributed by atoms with E-state index >= 15 is 0 Å². The summed E-state index contributed by atoms with van der Waals surface area (Å²) in [5.74, 6) is 0.378. The lowest BCUT2D eigenvalue weighted by atomic mass is 10.1. The molecule has 0 fully saturated rings. The van der Waals surface area contributed by atoms with Gasteiger partial charge in [-0.15, -0.1) is 10.2 Å². The molecule has 4 nitrogen and oxygen atoms in total. The summed E-state index contributed by atoms with van der Waals surface area (Å²) in [6, 6.07) is 15.4. The van der Waals surface area contributed by atoms with E-state index in [-0.39, 0.29) is 0 Å². The Morgan fingerprint density at radius 2 is 1.76 bits per heavy atom. The quantitative estimate of drug-likeness (QED) is 0.328. The van der Waals surface area contributed by atoms with Crippen molar-refractivity contribution in [3.63, 3.8) is 0 Å². The molecule has 1 unspecified atom stereocenters. The molecule has 0 radical (unpaired) electrons. The molecule has 4 aromatic rings. The first-order valence-corrected chi connectivity index (χ1v) is 11.0. The van der Waals surface area contributed by atoms with Crippen LogP contribution >= 0.6 is 34.5 Å². The number of halogens is 2. The Labute approximate surface area is 184 Å². The molecule has 2 aromatic heterocycles. The summed E-state index contributed by atoms with van der Waals surface area (Å²) < 4.78 is 1.89. The van der Waals surface area contributed by atoms with Gasteiger partial charge in [-0.1, -0.05) is 72.7 Å². The molecule has 0 saturated carbocycles. The second-order valence-corrected chi connectivity index (χ2v) is 8.80. The third-order valence-corrected chi connectivity index (χ3v) is 6.73. The van der Waals surface area contributed by atoms with Crippen LogP contribution in [0.2, 0.25) is 10.0 Å². The van der Waals surface area contributed by atoms with Crippen LogP contribution in [0.3, 0.4) is 0 Å². The Hall–Kier alpha value is -2.21. The lowest BCUT2D eigenvalue weighted by Crippen LogP contribution is -2.00. The highest BCUT2D eigenvalue weighted by Crippen LogP contribution is 2.37. The highest BCUT2D eigenvalue weighted by atomic mass is 35.5. The van der Waals surface area contributed by atoms with Crippen LogP contribution in [0.15, 0.2) is 48.5 Å². The van der Waals surface area contributed by atoms with Crippen molar-refractivity contribution in [2.24, 2.45) is 0 Å². The van der Waals surface area contributed by atoms with Gasteiger partial charge in [0.15, 0.2) is 5.01 Å². The van der Waals surface area contributed by atoms with Crippen molar-refractivity contribution in [2.45, 2.75) is 33.1 Å². The van der Waals surface area contributed by atoms with Crippen molar-refractivity contribution in [2.75, 3.05) is 0 Å². The lowest BCUT2D eigenvalue weighted by Gasteiger charge is -2.10. The molecule has 29 heavy (non-hydrogen) atoms. The summed E-state index contributed by atoms with van der Waals surface area (Å²) in [6.45, 7) is 6.38. The maximum absolute atomic E-state index is 6.51. The number of hydrogen-bond donors (Lipinski definition) is 0. The minimum atomic E-state index is 0.378. The predicted molar refractivity (Wildman–Crippen MR) is 121 cm³/mol. The van der Waals surface area contributed by atoms with E-state index in [1.54, 1.807) is 11.3 Å². The molecule has 0 spiro atoms. The van der Waals surface area contributed by atoms with Crippen molar-refractivity contribution in [1.29, 1.82) is 0 Å². The first-order valence-electron chi connectivity index (χ1n) is 9.43. The number of para-hydroxylation sites is 1. The zero-order valence-corrected chi connectivity index (χ0v) is 18.7. The molecule has 0 bridgehead atoms. The van der Waals surface area contributed by atoms with E-state index in [0.29, 0.717) is 16.0 Å². The van der Waals surface area contributed by atoms with Crippen molar-refractivity contribution in [1.82, 2.24) is 20.0 Å². The fourth-order valence-electron chi connectivity index (χ4n) is 3.15. The normalized spacial score (nSPS) is 12.3. The zero-order chi connectivity index (χ0) is 20.5. The van der Waals surface area contributed by atoms with Crippen molar-refractivity contribution >= 4 is 34.5 Å². The van der Waals surface area contributed by atoms with E-state index in [4.69, 9.17) is 28.3 Å². The number of rotatable bonds is 5. The van der Waals surface area contributed by atoms with Gasteiger partial charge in [-0.05, 0) is 37.6 Å². The number of benzene rings is 2. The van der Waals surface area contributed by atoms with Gasteiger partial charge in [0.2, 0.25) is 0 Å². The summed E-state index contributed by atoms with van der Waals surface area (Å²) in [6.07, 6.45) is 1.03. The van der Waals surface area contributed by atoms with E-state index in [9.17, 15) is 0 Å². The minimum Gasteiger partial charge on any atom is -0.231 e. The van der Waals surface area contributed by atoms with Gasteiger partial charge in [-0.3, -0.25) is 0 Å². The fraction of sp³-hybridized carbons (Fsp3) is 0.227. The topological polar surface area (TPSA) is 43.6 Å². The van der Waals surface area contributed by atoms with Crippen LogP contribution in [0.5, 0.6) is 0 Å². The Kier molecular flexibility index (Phi) is 5.72. The number of aromatic nitrogens is 4. The number of hydrogen-bond acceptors (Lipinski definition) is 4. The highest BCUT2D eigenvalue weighted by molar-refractivity contribution is 7.14. The van der Waals surface area contributed by atoms with Crippen LogP contribution in [0.25, 0.3) is 27.6 Å². The maximum Gasteiger partial charge on any atom is 0.168 e. The summed E-state index contributed by atoms with van der Waals surface area (Å²) >= 11 is 14.2. The van der Waals surface area contributed by atoms with Crippen molar-refractivity contribution in [3.05, 3.63) is 69.1 Å². The van der Waals surface area contributed by atoms with Gasteiger partial charge in [-0.2, -0.15) is 5.10 Å². The Bertz CT molecular complexity index is 1150. The third kappa shape index (κ3) is 3.82. The average Bonchev–Trinajstić information content (AvgIpc) is 3.33. The molecule has 2 heterocycles. The standard InChI is InChI=1S/C22H20Cl2N4S/c1-4-13(2)21-25-26-22(29-21)19-14(3)20(15-9-11-16(23)12-10-15)28(27-19)18-8-6-5-7-17(18)24/h5-13H,4H2,1-3H3. The molecule has 0 aliphatic carbocycles. The summed E-state index contributed by atoms with van der Waals surface area (Å²) in [7, 11) is 0. The molecule has 0 saturated heterocycles. The van der Waals surface area contributed by atoms with Crippen LogP contribution in [0.4, 0.5) is 0 Å². The van der Waals surface area contributed by atoms with E-state index in [0.717, 1.165) is 44.6 Å². The van der Waals surface area contributed by atoms with E-state index in [2.05, 4.69) is 31.0 Å². The lowest BCUT2D eigenvalue weighted by molar-refractivity contribution is 0.715. The highest BCUT2D eigenvalue weighted by Gasteiger charge is 2.23. The third-order valence-electron chi connectivity index (χ3n) is 5.00. The second-order valence-electron chi connectivity index (χ2n) is 6.95. The van der Waals surface area contributed by atoms with Gasteiger partial charge in [0.05, 0.1) is 16.4 Å². The van der Waals surface area contributed by atoms with Crippen molar-refractivity contribution in [3.8, 4) is 27.6 Å². The maximum atomic E-state index is 6.51. The molecule has 4 rings (SSSR count). The zero-order valence-electron chi connectivity index (χ0n) is 16.4. The monoisotopic (exact) mass is 442 g/mol. The largest absolute Gasteiger partial charge is 0.231 e. The Morgan fingerprint density at radius 1 is 1.03 bits per heavy atom. The van der Waals surface area contributed by atoms with Gasteiger partial charge in [0.1, 0.15) is 10.7 Å². The molecule has 7 heteroatoms. The molecule has 0 aliphatic rings. The van der Waals surface area contributed by atoms with Crippen LogP contribution in [0, 0.1) is 6.92 Å². The molecule has 0 aliphatic heterocycles. The summed E-state index contributed by atoms with van der Waals surface area (Å²) in [5, 5.41) is 16.9. The SMILES string of the molecule is CCC(C)c1nnc(-c2nn(-c3ccccc3Cl)c(-c3ccc(Cl)cc3)c2C)s1. The number of nitrogens with zero attached hydrogens (tertiary/aromatic N) is 4. The molecule has 0 N–H and O–H groups in total. The average molecular weight is 443 g/mol. The van der Waals surface area contributed by atoms with Gasteiger partial charge in [-0.25, -0.2) is 4.68 Å². The summed E-state index contributed by atoms with van der Waals surface area (Å²) in [4.78, 5) is 0. The predicted octanol–water partition coefficient (Wildman–Crippen LogP) is 7.19.